The Hall–Kier alpha value is -9.70. The average molecular weight is 1750 g/mol. The molecule has 0 radical (unpaired) electrons. The van der Waals surface area contributed by atoms with E-state index >= 15 is 0 Å². The molecule has 1 amide bonds. The van der Waals surface area contributed by atoms with Gasteiger partial charge in [0.25, 0.3) is 0 Å². The summed E-state index contributed by atoms with van der Waals surface area (Å²) in [4.78, 5) is 29.3. The number of carbonyl (C=O) groups is 2. The number of nitrogens with one attached hydrogen (secondary N) is 1. The monoisotopic (exact) mass is 1750 g/mol. The second kappa shape index (κ2) is 45.7. The highest BCUT2D eigenvalue weighted by atomic mass is 16.8. The van der Waals surface area contributed by atoms with Gasteiger partial charge in [-0.2, -0.15) is 0 Å². The van der Waals surface area contributed by atoms with Crippen LogP contribution in [-0.2, 0) is 169 Å². The van der Waals surface area contributed by atoms with E-state index in [9.17, 15) is 14.7 Å². The third-order valence-corrected chi connectivity index (χ3v) is 23.7. The summed E-state index contributed by atoms with van der Waals surface area (Å²) in [5.74, 6) is -1.96. The van der Waals surface area contributed by atoms with E-state index in [1.54, 1.807) is 7.11 Å². The van der Waals surface area contributed by atoms with Crippen molar-refractivity contribution in [1.29, 1.82) is 0 Å². The van der Waals surface area contributed by atoms with Crippen molar-refractivity contribution in [3.63, 3.8) is 0 Å². The third-order valence-electron chi connectivity index (χ3n) is 23.7. The van der Waals surface area contributed by atoms with Crippen molar-refractivity contribution in [1.82, 2.24) is 5.32 Å². The highest BCUT2D eigenvalue weighted by molar-refractivity contribution is 5.74. The fourth-order valence-corrected chi connectivity index (χ4v) is 17.2. The van der Waals surface area contributed by atoms with Gasteiger partial charge in [0.2, 0.25) is 5.91 Å². The van der Waals surface area contributed by atoms with Crippen LogP contribution < -0.4 is 5.32 Å². The van der Waals surface area contributed by atoms with Crippen LogP contribution in [0.2, 0.25) is 0 Å². The minimum atomic E-state index is -1.79. The molecule has 0 bridgehead atoms. The van der Waals surface area contributed by atoms with Crippen LogP contribution in [0.1, 0.15) is 89.6 Å². The molecule has 0 spiro atoms. The molecule has 10 aromatic rings. The van der Waals surface area contributed by atoms with Crippen LogP contribution >= 0.6 is 0 Å². The number of hydrogen-bond donors (Lipinski definition) is 2. The van der Waals surface area contributed by atoms with Gasteiger partial charge in [-0.25, -0.2) is 4.79 Å². The summed E-state index contributed by atoms with van der Waals surface area (Å²) in [6.07, 6.45) is -30.6. The Bertz CT molecular complexity index is 4920. The second-order valence-corrected chi connectivity index (χ2v) is 32.8. The second-order valence-electron chi connectivity index (χ2n) is 32.8. The first kappa shape index (κ1) is 91.6. The highest BCUT2D eigenvalue weighted by Gasteiger charge is 2.61. The smallest absolute Gasteiger partial charge is 0.335 e. The molecule has 0 aromatic heterocycles. The molecule has 16 rings (SSSR count). The quantitative estimate of drug-likeness (QED) is 0.0363. The van der Waals surface area contributed by atoms with Crippen LogP contribution in [0.25, 0.3) is 0 Å². The average Bonchev–Trinajstić information content (AvgIpc) is 0.744. The zero-order chi connectivity index (χ0) is 87.9. The van der Waals surface area contributed by atoms with Gasteiger partial charge in [0.1, 0.15) is 97.6 Å². The Labute approximate surface area is 747 Å². The number of aliphatic carboxylic acids is 1. The molecular formula is C103H113NO24. The third kappa shape index (κ3) is 23.9. The summed E-state index contributed by atoms with van der Waals surface area (Å²) >= 11 is 0. The van der Waals surface area contributed by atoms with Crippen LogP contribution in [0.3, 0.4) is 0 Å². The lowest BCUT2D eigenvalue weighted by Crippen LogP contribution is -2.72. The Kier molecular flexibility index (Phi) is 32.7. The number of fused-ring (bicyclic) bond motifs is 1. The largest absolute Gasteiger partial charge is 0.479 e. The van der Waals surface area contributed by atoms with Gasteiger partial charge in [-0.1, -0.05) is 303 Å². The topological polar surface area (TPSA) is 260 Å². The maximum Gasteiger partial charge on any atom is 0.335 e. The summed E-state index contributed by atoms with van der Waals surface area (Å²) < 4.78 is 152. The molecule has 6 saturated heterocycles. The van der Waals surface area contributed by atoms with Crippen LogP contribution in [0.15, 0.2) is 303 Å². The zero-order valence-electron chi connectivity index (χ0n) is 72.3. The first-order valence-electron chi connectivity index (χ1n) is 43.9. The Morgan fingerprint density at radius 1 is 0.305 bits per heavy atom. The number of amides is 1. The lowest BCUT2D eigenvalue weighted by molar-refractivity contribution is -0.416. The zero-order valence-corrected chi connectivity index (χ0v) is 72.3. The summed E-state index contributed by atoms with van der Waals surface area (Å²) in [6, 6.07) is 94.9. The predicted octanol–water partition coefficient (Wildman–Crippen LogP) is 14.8. The maximum absolute atomic E-state index is 14.9. The van der Waals surface area contributed by atoms with Gasteiger partial charge in [-0.3, -0.25) is 4.79 Å². The molecule has 25 nitrogen and oxygen atoms in total. The molecule has 6 aliphatic heterocycles. The summed E-state index contributed by atoms with van der Waals surface area (Å²) in [5, 5.41) is 14.9. The number of carboxylic acids is 1. The van der Waals surface area contributed by atoms with Crippen molar-refractivity contribution in [2.75, 3.05) is 13.7 Å². The molecule has 26 atom stereocenters. The minimum absolute atomic E-state index is 0.0228. The van der Waals surface area contributed by atoms with Gasteiger partial charge in [0.15, 0.2) is 43.8 Å². The SMILES string of the molecule is CO[C@@H]1O[C@@H](C)[C@H](OCc2ccccc2)[C@@H](O[C@@H]2O[C@@H](C)[C@H](OCc3ccccc3)[C@@H](O[C@@H]3O[C@@H](C)[C@H](OCc4ccccc4)[C@@H](OCc4ccccc4)[C@H]3OCc3ccccc3)[C@H]2O[C@@H]2O[C@@H]3COC(c4ccccc4)O[C@H]3[C@H](O[C@@H]3O[C@H](C(=O)O)[C@H](OCc4ccccc4)[C@H](OCc4ccccc4)[C@H]3OCc3ccccc3)[C@H]2NC(C)=O)[C@H]1OCc1ccccc1. The van der Waals surface area contributed by atoms with Crippen LogP contribution in [0.5, 0.6) is 0 Å². The van der Waals surface area contributed by atoms with E-state index in [0.717, 1.165) is 50.1 Å². The number of hydrogen-bond acceptors (Lipinski definition) is 23. The lowest BCUT2D eigenvalue weighted by atomic mass is 9.93. The van der Waals surface area contributed by atoms with Crippen molar-refractivity contribution in [2.24, 2.45) is 0 Å². The van der Waals surface area contributed by atoms with E-state index in [-0.39, 0.29) is 66.1 Å². The molecule has 6 aliphatic rings. The number of benzene rings is 10. The molecule has 0 saturated carbocycles. The van der Waals surface area contributed by atoms with Gasteiger partial charge in [-0.05, 0) is 70.8 Å². The van der Waals surface area contributed by atoms with Crippen molar-refractivity contribution in [3.8, 4) is 0 Å². The number of carbonyl (C=O) groups excluding carboxylic acids is 1. The predicted molar refractivity (Wildman–Crippen MR) is 467 cm³/mol. The molecule has 2 N–H and O–H groups in total. The standard InChI is InChI=1S/C103H113NO24/c1-66-82(109-56-70-36-16-6-17-37-70)87(112-59-73-42-22-9-23-43-73)93(115-62-76-48-28-12-29-49-76)101(120-66)126-91-84(111-58-72-40-20-8-21-41-72)68(3)121-103(125-90-83(110-57-71-38-18-7-19-39-71)67(2)119-100(108-5)95(90)117-64-78-52-32-14-33-53-78)96(91)128-99-81(104-69(4)105)86(85-80(122-99)65-118-98(123-85)79-54-34-15-35-55-79)124-102-94(116-63-77-50-30-13-31-51-77)89(114-61-75-46-26-11-27-47-75)88(92(127-102)97(106)107)113-60-74-44-24-10-25-45-74/h6-55,66-68,80-96,98-103H,56-65H2,1-5H3,(H,104,105)(H,106,107)/t66-,67-,68-,80+,81+,82-,83-,84-,85+,86+,87+,88+,89-,90+,91+,92-,93+,94+,95+,96+,98?,99-,100+,101-,102+,103-/m0/s1. The number of carboxylic acid groups (broad SMARTS) is 1. The van der Waals surface area contributed by atoms with E-state index in [4.69, 9.17) is 99.5 Å². The number of ether oxygens (including phenoxy) is 21. The number of rotatable bonds is 39. The van der Waals surface area contributed by atoms with E-state index in [2.05, 4.69) is 5.32 Å². The number of methoxy groups -OCH3 is 1. The molecule has 1 unspecified atom stereocenters. The molecule has 0 aliphatic carbocycles. The lowest BCUT2D eigenvalue weighted by Gasteiger charge is -2.54. The van der Waals surface area contributed by atoms with E-state index in [1.807, 2.05) is 324 Å². The van der Waals surface area contributed by atoms with Crippen molar-refractivity contribution >= 4 is 11.9 Å². The minimum Gasteiger partial charge on any atom is -0.479 e. The first-order valence-corrected chi connectivity index (χ1v) is 43.9. The summed E-state index contributed by atoms with van der Waals surface area (Å²) in [5.41, 5.74) is 8.12. The Balaban J connectivity index is 0.854. The molecule has 6 heterocycles. The van der Waals surface area contributed by atoms with Gasteiger partial charge < -0.3 is 110 Å². The fourth-order valence-electron chi connectivity index (χ4n) is 17.2. The van der Waals surface area contributed by atoms with E-state index < -0.39 is 172 Å². The van der Waals surface area contributed by atoms with Crippen molar-refractivity contribution < 1.29 is 114 Å². The molecule has 6 fully saturated rings. The van der Waals surface area contributed by atoms with Gasteiger partial charge >= 0.3 is 5.97 Å². The summed E-state index contributed by atoms with van der Waals surface area (Å²) in [7, 11) is 1.54. The summed E-state index contributed by atoms with van der Waals surface area (Å²) in [6.45, 7) is 7.35. The molecule has 128 heavy (non-hydrogen) atoms. The van der Waals surface area contributed by atoms with E-state index in [1.165, 1.54) is 6.92 Å². The van der Waals surface area contributed by atoms with Gasteiger partial charge in [0, 0.05) is 19.6 Å². The highest BCUT2D eigenvalue weighted by Crippen LogP contribution is 2.44. The van der Waals surface area contributed by atoms with E-state index in [0.29, 0.717) is 5.56 Å². The van der Waals surface area contributed by atoms with Crippen LogP contribution in [-0.4, -0.2) is 184 Å². The normalized spacial score (nSPS) is 30.6. The van der Waals surface area contributed by atoms with Gasteiger partial charge in [0.05, 0.1) is 84.4 Å². The van der Waals surface area contributed by atoms with Crippen LogP contribution in [0, 0.1) is 0 Å². The Morgan fingerprint density at radius 2 is 0.578 bits per heavy atom. The van der Waals surface area contributed by atoms with Crippen LogP contribution in [0.4, 0.5) is 0 Å². The fraction of sp³-hybridized carbons (Fsp3) is 0.398. The molecule has 674 valence electrons. The van der Waals surface area contributed by atoms with Crippen molar-refractivity contribution in [3.05, 3.63) is 359 Å². The maximum atomic E-state index is 14.9. The molecule has 25 heteroatoms. The van der Waals surface area contributed by atoms with Gasteiger partial charge in [-0.15, -0.1) is 0 Å². The molecular weight excluding hydrogens is 1640 g/mol. The van der Waals surface area contributed by atoms with Crippen molar-refractivity contribution in [2.45, 2.75) is 247 Å². The first-order chi connectivity index (χ1) is 62.8. The molecule has 10 aromatic carbocycles. The Morgan fingerprint density at radius 3 is 0.930 bits per heavy atom.